The minimum Gasteiger partial charge on any atom is -0.484 e. The predicted octanol–water partition coefficient (Wildman–Crippen LogP) is 4.64. The van der Waals surface area contributed by atoms with Crippen LogP contribution >= 0.6 is 11.6 Å². The second-order valence-corrected chi connectivity index (χ2v) is 8.87. The molecular weight excluding hydrogens is 492 g/mol. The number of rotatable bonds is 6. The summed E-state index contributed by atoms with van der Waals surface area (Å²) in [6.45, 7) is 0.569. The number of ether oxygens (including phenoxy) is 1. The standard InChI is InChI=1S/C23H23ClF4N4O3/c24-18-7-6-17(11-19(18)25)35-13-21(33)30-14-1-3-15(4-2-14)31-9-10-32(22(31)34)16-5-8-20(29-12-16)23(26,27)28/h5-8,11-12,14-15H,1-4,9-10,13H2,(H,30,33)/t14-,15-. The smallest absolute Gasteiger partial charge is 0.433 e. The van der Waals surface area contributed by atoms with Crippen LogP contribution in [-0.4, -0.2) is 53.6 Å². The van der Waals surface area contributed by atoms with Crippen molar-refractivity contribution < 1.29 is 31.9 Å². The van der Waals surface area contributed by atoms with Gasteiger partial charge in [0.1, 0.15) is 17.3 Å². The number of hydrogen-bond donors (Lipinski definition) is 1. The fraction of sp³-hybridized carbons (Fsp3) is 0.435. The molecule has 0 radical (unpaired) electrons. The summed E-state index contributed by atoms with van der Waals surface area (Å²) in [7, 11) is 0. The molecule has 35 heavy (non-hydrogen) atoms. The summed E-state index contributed by atoms with van der Waals surface area (Å²) in [6, 6.07) is 5.70. The van der Waals surface area contributed by atoms with Gasteiger partial charge in [-0.25, -0.2) is 14.2 Å². The van der Waals surface area contributed by atoms with Crippen molar-refractivity contribution in [3.63, 3.8) is 0 Å². The van der Waals surface area contributed by atoms with Gasteiger partial charge in [0, 0.05) is 31.2 Å². The number of pyridine rings is 1. The molecule has 1 aliphatic carbocycles. The molecule has 0 spiro atoms. The molecule has 1 saturated heterocycles. The van der Waals surface area contributed by atoms with E-state index in [4.69, 9.17) is 16.3 Å². The molecule has 2 heterocycles. The summed E-state index contributed by atoms with van der Waals surface area (Å²) in [5.74, 6) is -0.763. The molecule has 2 fully saturated rings. The van der Waals surface area contributed by atoms with Gasteiger partial charge in [0.05, 0.1) is 16.9 Å². The van der Waals surface area contributed by atoms with E-state index in [1.165, 1.54) is 23.1 Å². The number of alkyl halides is 3. The summed E-state index contributed by atoms with van der Waals surface area (Å²) >= 11 is 5.62. The molecule has 0 atom stereocenters. The second-order valence-electron chi connectivity index (χ2n) is 8.46. The van der Waals surface area contributed by atoms with E-state index in [0.717, 1.165) is 18.3 Å². The molecule has 2 aliphatic rings. The van der Waals surface area contributed by atoms with E-state index in [-0.39, 0.29) is 41.4 Å². The number of anilines is 1. The van der Waals surface area contributed by atoms with Crippen molar-refractivity contribution in [2.75, 3.05) is 24.6 Å². The monoisotopic (exact) mass is 514 g/mol. The van der Waals surface area contributed by atoms with Crippen molar-refractivity contribution in [2.24, 2.45) is 0 Å². The van der Waals surface area contributed by atoms with Crippen LogP contribution in [0.5, 0.6) is 5.75 Å². The van der Waals surface area contributed by atoms with Crippen LogP contribution < -0.4 is 15.0 Å². The van der Waals surface area contributed by atoms with E-state index in [1.54, 1.807) is 4.90 Å². The molecule has 12 heteroatoms. The maximum atomic E-state index is 13.5. The fourth-order valence-electron chi connectivity index (χ4n) is 4.36. The van der Waals surface area contributed by atoms with E-state index in [2.05, 4.69) is 10.3 Å². The van der Waals surface area contributed by atoms with Gasteiger partial charge >= 0.3 is 12.2 Å². The first-order valence-electron chi connectivity index (χ1n) is 11.1. The van der Waals surface area contributed by atoms with E-state index in [9.17, 15) is 27.2 Å². The van der Waals surface area contributed by atoms with E-state index in [1.807, 2.05) is 0 Å². The first kappa shape index (κ1) is 25.0. The van der Waals surface area contributed by atoms with Gasteiger partial charge in [0.15, 0.2) is 6.61 Å². The number of aromatic nitrogens is 1. The minimum atomic E-state index is -4.53. The topological polar surface area (TPSA) is 74.8 Å². The van der Waals surface area contributed by atoms with Gasteiger partial charge in [-0.05, 0) is 49.9 Å². The summed E-state index contributed by atoms with van der Waals surface area (Å²) in [6.07, 6.45) is -0.780. The van der Waals surface area contributed by atoms with E-state index in [0.29, 0.717) is 44.5 Å². The first-order chi connectivity index (χ1) is 16.6. The lowest BCUT2D eigenvalue weighted by Gasteiger charge is -2.34. The number of benzene rings is 1. The van der Waals surface area contributed by atoms with Gasteiger partial charge < -0.3 is 15.0 Å². The third-order valence-electron chi connectivity index (χ3n) is 6.15. The second kappa shape index (κ2) is 10.3. The molecule has 0 unspecified atom stereocenters. The Hall–Kier alpha value is -3.08. The average Bonchev–Trinajstić information content (AvgIpc) is 3.21. The van der Waals surface area contributed by atoms with Crippen LogP contribution in [0, 0.1) is 5.82 Å². The van der Waals surface area contributed by atoms with Gasteiger partial charge in [-0.3, -0.25) is 9.69 Å². The molecule has 0 bridgehead atoms. The van der Waals surface area contributed by atoms with E-state index < -0.39 is 17.7 Å². The van der Waals surface area contributed by atoms with Crippen LogP contribution in [0.3, 0.4) is 0 Å². The third kappa shape index (κ3) is 5.95. The van der Waals surface area contributed by atoms with Crippen molar-refractivity contribution in [1.29, 1.82) is 0 Å². The Bertz CT molecular complexity index is 1080. The largest absolute Gasteiger partial charge is 0.484 e. The molecule has 1 saturated carbocycles. The zero-order chi connectivity index (χ0) is 25.2. The summed E-state index contributed by atoms with van der Waals surface area (Å²) in [5, 5.41) is 2.86. The highest BCUT2D eigenvalue weighted by molar-refractivity contribution is 6.30. The summed E-state index contributed by atoms with van der Waals surface area (Å²) < 4.78 is 57.0. The Morgan fingerprint density at radius 1 is 1.14 bits per heavy atom. The van der Waals surface area contributed by atoms with Crippen molar-refractivity contribution in [2.45, 2.75) is 43.9 Å². The Morgan fingerprint density at radius 3 is 2.51 bits per heavy atom. The number of nitrogens with zero attached hydrogens (tertiary/aromatic N) is 3. The number of urea groups is 1. The molecule has 1 N–H and O–H groups in total. The molecule has 2 aromatic rings. The number of hydrogen-bond acceptors (Lipinski definition) is 4. The molecule has 1 aromatic heterocycles. The number of carbonyl (C=O) groups excluding carboxylic acids is 2. The van der Waals surface area contributed by atoms with Crippen LogP contribution in [0.25, 0.3) is 0 Å². The molecular formula is C23H23ClF4N4O3. The number of halogens is 5. The van der Waals surface area contributed by atoms with Crippen molar-refractivity contribution in [3.8, 4) is 5.75 Å². The predicted molar refractivity (Wildman–Crippen MR) is 120 cm³/mol. The zero-order valence-corrected chi connectivity index (χ0v) is 19.3. The van der Waals surface area contributed by atoms with Gasteiger partial charge in [-0.15, -0.1) is 0 Å². The molecule has 7 nitrogen and oxygen atoms in total. The SMILES string of the molecule is O=C(COc1ccc(Cl)c(F)c1)N[C@H]1CC[C@H](N2CCN(c3ccc(C(F)(F)F)nc3)C2=O)CC1. The highest BCUT2D eigenvalue weighted by Crippen LogP contribution is 2.31. The molecule has 1 aliphatic heterocycles. The van der Waals surface area contributed by atoms with Gasteiger partial charge in [-0.1, -0.05) is 11.6 Å². The minimum absolute atomic E-state index is 0.0173. The fourth-order valence-corrected chi connectivity index (χ4v) is 4.48. The Labute approximate surface area is 204 Å². The van der Waals surface area contributed by atoms with Crippen molar-refractivity contribution in [1.82, 2.24) is 15.2 Å². The number of carbonyl (C=O) groups is 2. The quantitative estimate of drug-likeness (QED) is 0.570. The lowest BCUT2D eigenvalue weighted by molar-refractivity contribution is -0.141. The summed E-state index contributed by atoms with van der Waals surface area (Å²) in [5.41, 5.74) is -0.678. The zero-order valence-electron chi connectivity index (χ0n) is 18.5. The Kier molecular flexibility index (Phi) is 7.34. The highest BCUT2D eigenvalue weighted by atomic mass is 35.5. The molecule has 3 amide bonds. The number of nitrogens with one attached hydrogen (secondary N) is 1. The average molecular weight is 515 g/mol. The molecule has 4 rings (SSSR count). The maximum Gasteiger partial charge on any atom is 0.433 e. The lowest BCUT2D eigenvalue weighted by atomic mass is 9.90. The number of amides is 3. The van der Waals surface area contributed by atoms with Gasteiger partial charge in [0.2, 0.25) is 0 Å². The highest BCUT2D eigenvalue weighted by Gasteiger charge is 2.37. The van der Waals surface area contributed by atoms with Gasteiger partial charge in [0.25, 0.3) is 5.91 Å². The first-order valence-corrected chi connectivity index (χ1v) is 11.5. The molecule has 1 aromatic carbocycles. The van der Waals surface area contributed by atoms with Crippen LogP contribution in [0.1, 0.15) is 31.4 Å². The van der Waals surface area contributed by atoms with Crippen molar-refractivity contribution in [3.05, 3.63) is 53.1 Å². The van der Waals surface area contributed by atoms with E-state index >= 15 is 0 Å². The molecule has 188 valence electrons. The van der Waals surface area contributed by atoms with Gasteiger partial charge in [-0.2, -0.15) is 13.2 Å². The Morgan fingerprint density at radius 2 is 1.89 bits per heavy atom. The van der Waals surface area contributed by atoms with Crippen LogP contribution in [0.4, 0.5) is 28.0 Å². The van der Waals surface area contributed by atoms with Crippen molar-refractivity contribution >= 4 is 29.2 Å². The normalized spacial score (nSPS) is 20.8. The Balaban J connectivity index is 1.23. The maximum absolute atomic E-state index is 13.5. The lowest BCUT2D eigenvalue weighted by Crippen LogP contribution is -2.46. The van der Waals surface area contributed by atoms with Crippen LogP contribution in [-0.2, 0) is 11.0 Å². The third-order valence-corrected chi connectivity index (χ3v) is 6.46. The van der Waals surface area contributed by atoms with Crippen LogP contribution in [0.2, 0.25) is 5.02 Å². The van der Waals surface area contributed by atoms with Crippen LogP contribution in [0.15, 0.2) is 36.5 Å². The summed E-state index contributed by atoms with van der Waals surface area (Å²) in [4.78, 5) is 31.7.